The average molecular weight is 371 g/mol. The van der Waals surface area contributed by atoms with Crippen LogP contribution in [0.25, 0.3) is 16.2 Å². The molecule has 1 fully saturated rings. The molecule has 3 aromatic rings. The molecule has 7 heteroatoms. The number of aryl methyl sites for hydroxylation is 1. The van der Waals surface area contributed by atoms with E-state index in [2.05, 4.69) is 67.5 Å². The average Bonchev–Trinajstić information content (AvgIpc) is 3.15. The Morgan fingerprint density at radius 2 is 1.81 bits per heavy atom. The van der Waals surface area contributed by atoms with Gasteiger partial charge in [0.05, 0.1) is 0 Å². The van der Waals surface area contributed by atoms with Gasteiger partial charge in [-0.2, -0.15) is 4.52 Å². The van der Waals surface area contributed by atoms with Crippen molar-refractivity contribution in [2.75, 3.05) is 36.4 Å². The maximum atomic E-state index is 4.93. The standard InChI is InChI=1S/C19H26N6S/c1-13-5-7-14(8-6-13)15-16(22-19(2,3)4)25-17(21-15)26-18(23-25)24-11-9-20-10-12-24/h5-8,20,22H,9-12H2,1-4H3. The Balaban J connectivity index is 1.79. The maximum absolute atomic E-state index is 4.93. The number of nitrogens with one attached hydrogen (secondary N) is 2. The van der Waals surface area contributed by atoms with Crippen molar-refractivity contribution in [1.29, 1.82) is 0 Å². The topological polar surface area (TPSA) is 57.5 Å². The lowest BCUT2D eigenvalue weighted by atomic mass is 10.1. The highest BCUT2D eigenvalue weighted by atomic mass is 32.1. The van der Waals surface area contributed by atoms with Crippen LogP contribution in [0.2, 0.25) is 0 Å². The van der Waals surface area contributed by atoms with Crippen LogP contribution in [0, 0.1) is 6.92 Å². The molecule has 1 aromatic carbocycles. The van der Waals surface area contributed by atoms with Crippen LogP contribution in [-0.2, 0) is 0 Å². The molecule has 0 saturated carbocycles. The van der Waals surface area contributed by atoms with Gasteiger partial charge in [0.25, 0.3) is 0 Å². The Labute approximate surface area is 158 Å². The lowest BCUT2D eigenvalue weighted by molar-refractivity contribution is 0.585. The zero-order valence-electron chi connectivity index (χ0n) is 15.8. The first-order chi connectivity index (χ1) is 12.4. The van der Waals surface area contributed by atoms with Gasteiger partial charge in [0.2, 0.25) is 10.1 Å². The van der Waals surface area contributed by atoms with E-state index in [-0.39, 0.29) is 5.54 Å². The predicted octanol–water partition coefficient (Wildman–Crippen LogP) is 3.39. The minimum absolute atomic E-state index is 0.0752. The fourth-order valence-electron chi connectivity index (χ4n) is 3.10. The molecular formula is C19H26N6S. The van der Waals surface area contributed by atoms with Gasteiger partial charge in [-0.1, -0.05) is 41.2 Å². The molecule has 6 nitrogen and oxygen atoms in total. The highest BCUT2D eigenvalue weighted by molar-refractivity contribution is 7.20. The Morgan fingerprint density at radius 3 is 2.46 bits per heavy atom. The smallest absolute Gasteiger partial charge is 0.216 e. The normalized spacial score (nSPS) is 15.6. The molecule has 1 aliphatic heterocycles. The van der Waals surface area contributed by atoms with Gasteiger partial charge < -0.3 is 15.5 Å². The van der Waals surface area contributed by atoms with Gasteiger partial charge >= 0.3 is 0 Å². The molecule has 0 bridgehead atoms. The number of hydrogen-bond donors (Lipinski definition) is 2. The van der Waals surface area contributed by atoms with Crippen LogP contribution < -0.4 is 15.5 Å². The molecule has 3 heterocycles. The van der Waals surface area contributed by atoms with E-state index in [1.807, 2.05) is 4.52 Å². The van der Waals surface area contributed by atoms with E-state index in [1.165, 1.54) is 5.56 Å². The van der Waals surface area contributed by atoms with Gasteiger partial charge in [0, 0.05) is 37.3 Å². The van der Waals surface area contributed by atoms with Crippen molar-refractivity contribution >= 4 is 27.2 Å². The van der Waals surface area contributed by atoms with Crippen LogP contribution in [0.1, 0.15) is 26.3 Å². The van der Waals surface area contributed by atoms with E-state index < -0.39 is 0 Å². The Morgan fingerprint density at radius 1 is 1.12 bits per heavy atom. The first-order valence-corrected chi connectivity index (χ1v) is 9.93. The zero-order chi connectivity index (χ0) is 18.3. The van der Waals surface area contributed by atoms with Crippen molar-refractivity contribution < 1.29 is 0 Å². The molecule has 2 N–H and O–H groups in total. The number of anilines is 2. The molecule has 0 amide bonds. The molecule has 4 rings (SSSR count). The largest absolute Gasteiger partial charge is 0.364 e. The van der Waals surface area contributed by atoms with Crippen molar-refractivity contribution in [3.8, 4) is 11.3 Å². The third kappa shape index (κ3) is 3.41. The highest BCUT2D eigenvalue weighted by Gasteiger charge is 2.23. The van der Waals surface area contributed by atoms with E-state index in [0.29, 0.717) is 0 Å². The van der Waals surface area contributed by atoms with Gasteiger partial charge in [-0.25, -0.2) is 4.98 Å². The summed E-state index contributed by atoms with van der Waals surface area (Å²) < 4.78 is 1.97. The fraction of sp³-hybridized carbons (Fsp3) is 0.474. The number of nitrogens with zero attached hydrogens (tertiary/aromatic N) is 4. The summed E-state index contributed by atoms with van der Waals surface area (Å²) in [4.78, 5) is 8.19. The molecule has 0 atom stereocenters. The van der Waals surface area contributed by atoms with Gasteiger partial charge in [-0.05, 0) is 27.7 Å². The Bertz CT molecular complexity index is 897. The Kier molecular flexibility index (Phi) is 4.36. The monoisotopic (exact) mass is 370 g/mol. The molecule has 2 aromatic heterocycles. The van der Waals surface area contributed by atoms with E-state index in [1.54, 1.807) is 11.3 Å². The summed E-state index contributed by atoms with van der Waals surface area (Å²) in [5.74, 6) is 0.967. The number of hydrogen-bond acceptors (Lipinski definition) is 6. The minimum atomic E-state index is -0.0752. The van der Waals surface area contributed by atoms with Crippen LogP contribution in [-0.4, -0.2) is 46.3 Å². The number of benzene rings is 1. The Hall–Kier alpha value is -2.12. The second kappa shape index (κ2) is 6.55. The van der Waals surface area contributed by atoms with Gasteiger partial charge in [-0.15, -0.1) is 5.10 Å². The summed E-state index contributed by atoms with van der Waals surface area (Å²) in [6.07, 6.45) is 0. The zero-order valence-corrected chi connectivity index (χ0v) is 16.7. The van der Waals surface area contributed by atoms with Gasteiger partial charge in [0.15, 0.2) is 5.82 Å². The summed E-state index contributed by atoms with van der Waals surface area (Å²) in [5.41, 5.74) is 3.25. The van der Waals surface area contributed by atoms with Crippen molar-refractivity contribution in [2.45, 2.75) is 33.2 Å². The number of aromatic nitrogens is 3. The predicted molar refractivity (Wildman–Crippen MR) is 109 cm³/mol. The van der Waals surface area contributed by atoms with Crippen LogP contribution in [0.5, 0.6) is 0 Å². The third-order valence-electron chi connectivity index (χ3n) is 4.40. The molecule has 1 saturated heterocycles. The quantitative estimate of drug-likeness (QED) is 0.740. The van der Waals surface area contributed by atoms with Crippen molar-refractivity contribution in [3.05, 3.63) is 29.8 Å². The molecule has 0 unspecified atom stereocenters. The fourth-order valence-corrected chi connectivity index (χ4v) is 4.06. The molecule has 138 valence electrons. The second-order valence-electron chi connectivity index (χ2n) is 7.87. The van der Waals surface area contributed by atoms with E-state index in [0.717, 1.165) is 53.3 Å². The maximum Gasteiger partial charge on any atom is 0.216 e. The molecule has 1 aliphatic rings. The van der Waals surface area contributed by atoms with Crippen molar-refractivity contribution in [2.24, 2.45) is 0 Å². The van der Waals surface area contributed by atoms with Crippen LogP contribution >= 0.6 is 11.3 Å². The van der Waals surface area contributed by atoms with Crippen molar-refractivity contribution in [3.63, 3.8) is 0 Å². The summed E-state index contributed by atoms with van der Waals surface area (Å²) in [5, 5.41) is 12.9. The van der Waals surface area contributed by atoms with Crippen molar-refractivity contribution in [1.82, 2.24) is 19.9 Å². The first kappa shape index (κ1) is 17.3. The highest BCUT2D eigenvalue weighted by Crippen LogP contribution is 2.34. The molecular weight excluding hydrogens is 344 g/mol. The van der Waals surface area contributed by atoms with Crippen LogP contribution in [0.4, 0.5) is 10.9 Å². The molecule has 0 aliphatic carbocycles. The summed E-state index contributed by atoms with van der Waals surface area (Å²) >= 11 is 1.66. The van der Waals surface area contributed by atoms with Gasteiger partial charge in [0.1, 0.15) is 5.69 Å². The number of imidazole rings is 1. The molecule has 26 heavy (non-hydrogen) atoms. The van der Waals surface area contributed by atoms with Gasteiger partial charge in [-0.3, -0.25) is 0 Å². The lowest BCUT2D eigenvalue weighted by Crippen LogP contribution is -2.43. The lowest BCUT2D eigenvalue weighted by Gasteiger charge is -2.26. The van der Waals surface area contributed by atoms with Crippen LogP contribution in [0.15, 0.2) is 24.3 Å². The van der Waals surface area contributed by atoms with E-state index in [4.69, 9.17) is 10.1 Å². The second-order valence-corrected chi connectivity index (χ2v) is 8.80. The molecule has 0 radical (unpaired) electrons. The molecule has 0 spiro atoms. The van der Waals surface area contributed by atoms with Crippen LogP contribution in [0.3, 0.4) is 0 Å². The minimum Gasteiger partial charge on any atom is -0.364 e. The number of rotatable bonds is 3. The van der Waals surface area contributed by atoms with E-state index >= 15 is 0 Å². The summed E-state index contributed by atoms with van der Waals surface area (Å²) in [6.45, 7) is 12.6. The SMILES string of the molecule is Cc1ccc(-c2nc3sc(N4CCNCC4)nn3c2NC(C)(C)C)cc1. The number of piperazine rings is 1. The summed E-state index contributed by atoms with van der Waals surface area (Å²) in [7, 11) is 0. The summed E-state index contributed by atoms with van der Waals surface area (Å²) in [6, 6.07) is 8.52. The first-order valence-electron chi connectivity index (χ1n) is 9.11. The third-order valence-corrected chi connectivity index (χ3v) is 5.37. The van der Waals surface area contributed by atoms with E-state index in [9.17, 15) is 0 Å². The number of fused-ring (bicyclic) bond motifs is 1.